The lowest BCUT2D eigenvalue weighted by Gasteiger charge is -2.29. The number of nitrogens with one attached hydrogen (secondary N) is 1. The number of aliphatic hydroxyl groups excluding tert-OH is 1. The molecule has 26 heavy (non-hydrogen) atoms. The molecule has 1 atom stereocenters. The maximum Gasteiger partial charge on any atom is 0.260 e. The van der Waals surface area contributed by atoms with E-state index in [-0.39, 0.29) is 11.7 Å². The molecule has 1 unspecified atom stereocenters. The van der Waals surface area contributed by atoms with Crippen molar-refractivity contribution in [2.45, 2.75) is 39.3 Å². The Morgan fingerprint density at radius 3 is 2.81 bits per heavy atom. The molecule has 0 radical (unpaired) electrons. The van der Waals surface area contributed by atoms with Gasteiger partial charge in [-0.2, -0.15) is 0 Å². The van der Waals surface area contributed by atoms with Crippen LogP contribution in [0.3, 0.4) is 0 Å². The quantitative estimate of drug-likeness (QED) is 0.744. The van der Waals surface area contributed by atoms with E-state index in [9.17, 15) is 9.90 Å². The summed E-state index contributed by atoms with van der Waals surface area (Å²) in [5.41, 5.74) is 3.16. The Kier molecular flexibility index (Phi) is 4.65. The number of hydrogen-bond donors (Lipinski definition) is 2. The van der Waals surface area contributed by atoms with Crippen LogP contribution in [0.1, 0.15) is 29.1 Å². The normalized spacial score (nSPS) is 18.5. The predicted octanol–water partition coefficient (Wildman–Crippen LogP) is 3.23. The average Bonchev–Trinajstić information content (AvgIpc) is 2.92. The average molecular weight is 369 g/mol. The molecule has 6 heteroatoms. The zero-order valence-corrected chi connectivity index (χ0v) is 15.9. The number of H-pyrrole nitrogens is 1. The number of aromatic amines is 1. The van der Waals surface area contributed by atoms with Crippen LogP contribution in [0.2, 0.25) is 0 Å². The van der Waals surface area contributed by atoms with E-state index in [2.05, 4.69) is 41.1 Å². The molecule has 3 heterocycles. The third-order valence-corrected chi connectivity index (χ3v) is 5.98. The minimum absolute atomic E-state index is 0.0810. The van der Waals surface area contributed by atoms with E-state index in [0.717, 1.165) is 40.2 Å². The molecule has 0 bridgehead atoms. The highest BCUT2D eigenvalue weighted by atomic mass is 32.1. The first kappa shape index (κ1) is 17.4. The molecule has 0 saturated carbocycles. The maximum absolute atomic E-state index is 12.8. The standard InChI is InChI=1S/C20H23N3O2S/c1-12-5-7-14(8-6-12)17-13(2)26-20-18(17)19(25)21-16(22-20)11-23-9-3-4-15(24)10-23/h5-8,15,24H,3-4,9-11H2,1-2H3,(H,21,22,25). The molecule has 0 spiro atoms. The van der Waals surface area contributed by atoms with Crippen molar-refractivity contribution in [2.75, 3.05) is 13.1 Å². The van der Waals surface area contributed by atoms with Gasteiger partial charge in [0.05, 0.1) is 18.0 Å². The lowest BCUT2D eigenvalue weighted by Crippen LogP contribution is -2.38. The number of aliphatic hydroxyl groups is 1. The highest BCUT2D eigenvalue weighted by Gasteiger charge is 2.20. The summed E-state index contributed by atoms with van der Waals surface area (Å²) in [5.74, 6) is 0.674. The number of nitrogens with zero attached hydrogens (tertiary/aromatic N) is 2. The summed E-state index contributed by atoms with van der Waals surface area (Å²) in [6.07, 6.45) is 1.55. The fourth-order valence-electron chi connectivity index (χ4n) is 3.69. The summed E-state index contributed by atoms with van der Waals surface area (Å²) in [6, 6.07) is 8.25. The molecule has 2 N–H and O–H groups in total. The number of fused-ring (bicyclic) bond motifs is 1. The topological polar surface area (TPSA) is 69.2 Å². The number of thiophene rings is 1. The summed E-state index contributed by atoms with van der Waals surface area (Å²) >= 11 is 1.57. The van der Waals surface area contributed by atoms with Crippen LogP contribution in [0.25, 0.3) is 21.3 Å². The Labute approximate surface area is 156 Å². The predicted molar refractivity (Wildman–Crippen MR) is 106 cm³/mol. The number of hydrogen-bond acceptors (Lipinski definition) is 5. The molecule has 0 amide bonds. The first-order valence-electron chi connectivity index (χ1n) is 9.01. The van der Waals surface area contributed by atoms with Crippen molar-refractivity contribution in [3.63, 3.8) is 0 Å². The Bertz CT molecular complexity index is 991. The van der Waals surface area contributed by atoms with Gasteiger partial charge in [0.25, 0.3) is 5.56 Å². The molecule has 1 aliphatic heterocycles. The van der Waals surface area contributed by atoms with Crippen LogP contribution in [0.5, 0.6) is 0 Å². The third kappa shape index (κ3) is 3.32. The van der Waals surface area contributed by atoms with E-state index in [1.807, 2.05) is 6.92 Å². The van der Waals surface area contributed by atoms with Gasteiger partial charge in [0.2, 0.25) is 0 Å². The van der Waals surface area contributed by atoms with Crippen molar-refractivity contribution in [2.24, 2.45) is 0 Å². The molecule has 1 fully saturated rings. The van der Waals surface area contributed by atoms with Crippen LogP contribution in [0, 0.1) is 13.8 Å². The second kappa shape index (κ2) is 6.95. The van der Waals surface area contributed by atoms with Gasteiger partial charge in [0, 0.05) is 17.0 Å². The van der Waals surface area contributed by atoms with Crippen LogP contribution in [0.4, 0.5) is 0 Å². The van der Waals surface area contributed by atoms with Crippen LogP contribution in [-0.4, -0.2) is 39.2 Å². The summed E-state index contributed by atoms with van der Waals surface area (Å²) in [6.45, 7) is 6.23. The number of piperidine rings is 1. The second-order valence-corrected chi connectivity index (χ2v) is 8.33. The van der Waals surface area contributed by atoms with Crippen LogP contribution in [0.15, 0.2) is 29.1 Å². The fourth-order valence-corrected chi connectivity index (χ4v) is 4.76. The first-order chi connectivity index (χ1) is 12.5. The van der Waals surface area contributed by atoms with Gasteiger partial charge in [0.15, 0.2) is 0 Å². The van der Waals surface area contributed by atoms with Gasteiger partial charge >= 0.3 is 0 Å². The summed E-state index contributed by atoms with van der Waals surface area (Å²) in [7, 11) is 0. The molecule has 1 aromatic carbocycles. The van der Waals surface area contributed by atoms with Crippen molar-refractivity contribution in [1.29, 1.82) is 0 Å². The van der Waals surface area contributed by atoms with E-state index in [1.54, 1.807) is 11.3 Å². The molecule has 0 aliphatic carbocycles. The number of rotatable bonds is 3. The number of aromatic nitrogens is 2. The van der Waals surface area contributed by atoms with Gasteiger partial charge < -0.3 is 10.1 Å². The molecular weight excluding hydrogens is 346 g/mol. The van der Waals surface area contributed by atoms with Gasteiger partial charge in [0.1, 0.15) is 10.7 Å². The van der Waals surface area contributed by atoms with E-state index in [1.165, 1.54) is 5.56 Å². The van der Waals surface area contributed by atoms with Crippen molar-refractivity contribution in [3.8, 4) is 11.1 Å². The largest absolute Gasteiger partial charge is 0.392 e. The minimum atomic E-state index is -0.281. The van der Waals surface area contributed by atoms with Gasteiger partial charge in [-0.25, -0.2) is 4.98 Å². The van der Waals surface area contributed by atoms with E-state index in [4.69, 9.17) is 4.98 Å². The van der Waals surface area contributed by atoms with Gasteiger partial charge in [-0.3, -0.25) is 9.69 Å². The monoisotopic (exact) mass is 369 g/mol. The Hall–Kier alpha value is -2.02. The Morgan fingerprint density at radius 2 is 2.08 bits per heavy atom. The van der Waals surface area contributed by atoms with Gasteiger partial charge in [-0.05, 0) is 38.8 Å². The first-order valence-corrected chi connectivity index (χ1v) is 9.82. The fraction of sp³-hybridized carbons (Fsp3) is 0.400. The van der Waals surface area contributed by atoms with Crippen molar-refractivity contribution in [1.82, 2.24) is 14.9 Å². The highest BCUT2D eigenvalue weighted by Crippen LogP contribution is 2.35. The van der Waals surface area contributed by atoms with Crippen LogP contribution < -0.4 is 5.56 Å². The van der Waals surface area contributed by atoms with Gasteiger partial charge in [-0.15, -0.1) is 11.3 Å². The van der Waals surface area contributed by atoms with Crippen molar-refractivity contribution in [3.05, 3.63) is 50.9 Å². The van der Waals surface area contributed by atoms with Crippen molar-refractivity contribution >= 4 is 21.6 Å². The van der Waals surface area contributed by atoms with Crippen molar-refractivity contribution < 1.29 is 5.11 Å². The lowest BCUT2D eigenvalue weighted by molar-refractivity contribution is 0.0655. The molecular formula is C20H23N3O2S. The molecule has 2 aromatic heterocycles. The van der Waals surface area contributed by atoms with Gasteiger partial charge in [-0.1, -0.05) is 29.8 Å². The lowest BCUT2D eigenvalue weighted by atomic mass is 10.0. The van der Waals surface area contributed by atoms with Crippen LogP contribution in [-0.2, 0) is 6.54 Å². The number of β-amino-alcohol motifs (C(OH)–C–C–N with tert-alkyl or cyclic N) is 1. The second-order valence-electron chi connectivity index (χ2n) is 7.12. The SMILES string of the molecule is Cc1ccc(-c2c(C)sc3nc(CN4CCCC(O)C4)[nH]c(=O)c23)cc1. The zero-order valence-electron chi connectivity index (χ0n) is 15.1. The third-order valence-electron chi connectivity index (χ3n) is 4.98. The summed E-state index contributed by atoms with van der Waals surface area (Å²) in [4.78, 5) is 24.5. The van der Waals surface area contributed by atoms with E-state index < -0.39 is 0 Å². The highest BCUT2D eigenvalue weighted by molar-refractivity contribution is 7.19. The Morgan fingerprint density at radius 1 is 1.31 bits per heavy atom. The molecule has 1 saturated heterocycles. The molecule has 5 nitrogen and oxygen atoms in total. The number of benzene rings is 1. The summed E-state index contributed by atoms with van der Waals surface area (Å²) < 4.78 is 0. The number of likely N-dealkylation sites (tertiary alicyclic amines) is 1. The molecule has 4 rings (SSSR count). The smallest absolute Gasteiger partial charge is 0.260 e. The van der Waals surface area contributed by atoms with E-state index >= 15 is 0 Å². The molecule has 1 aliphatic rings. The minimum Gasteiger partial charge on any atom is -0.392 e. The maximum atomic E-state index is 12.8. The van der Waals surface area contributed by atoms with E-state index in [0.29, 0.717) is 24.3 Å². The Balaban J connectivity index is 1.72. The molecule has 3 aromatic rings. The summed E-state index contributed by atoms with van der Waals surface area (Å²) in [5, 5.41) is 10.5. The van der Waals surface area contributed by atoms with Crippen LogP contribution >= 0.6 is 11.3 Å². The zero-order chi connectivity index (χ0) is 18.3. The number of aryl methyl sites for hydroxylation is 2. The molecule has 136 valence electrons.